The Bertz CT molecular complexity index is 349. The quantitative estimate of drug-likeness (QED) is 0.790. The zero-order valence-electron chi connectivity index (χ0n) is 7.36. The number of hydrogen-bond acceptors (Lipinski definition) is 3. The normalized spacial score (nSPS) is 13.3. The van der Waals surface area contributed by atoms with E-state index in [9.17, 15) is 18.0 Å². The second kappa shape index (κ2) is 4.31. The molecule has 0 heterocycles. The van der Waals surface area contributed by atoms with Gasteiger partial charge in [0.05, 0.1) is 0 Å². The Kier molecular flexibility index (Phi) is 3.31. The summed E-state index contributed by atoms with van der Waals surface area (Å²) >= 11 is 0. The zero-order chi connectivity index (χ0) is 11.5. The van der Waals surface area contributed by atoms with Crippen LogP contribution in [-0.4, -0.2) is 17.8 Å². The molecule has 0 bridgehead atoms. The van der Waals surface area contributed by atoms with Gasteiger partial charge in [-0.25, -0.2) is 0 Å². The molecule has 0 fully saturated rings. The Labute approximate surface area is 83.1 Å². The van der Waals surface area contributed by atoms with E-state index < -0.39 is 18.2 Å². The van der Waals surface area contributed by atoms with E-state index >= 15 is 0 Å². The van der Waals surface area contributed by atoms with E-state index in [1.807, 2.05) is 0 Å². The molecule has 0 aliphatic rings. The fourth-order valence-electron chi connectivity index (χ4n) is 1.02. The summed E-state index contributed by atoms with van der Waals surface area (Å²) in [5, 5.41) is 9.09. The van der Waals surface area contributed by atoms with Crippen LogP contribution in [0.1, 0.15) is 11.7 Å². The highest BCUT2D eigenvalue weighted by Gasteiger charge is 2.32. The number of benzene rings is 1. The van der Waals surface area contributed by atoms with E-state index in [0.29, 0.717) is 0 Å². The molecule has 3 nitrogen and oxygen atoms in total. The second-order valence-corrected chi connectivity index (χ2v) is 2.67. The zero-order valence-corrected chi connectivity index (χ0v) is 7.36. The van der Waals surface area contributed by atoms with Crippen molar-refractivity contribution in [2.24, 2.45) is 0 Å². The molecule has 1 unspecified atom stereocenters. The summed E-state index contributed by atoms with van der Waals surface area (Å²) in [5.74, 6) is -0.579. The van der Waals surface area contributed by atoms with Crippen LogP contribution in [-0.2, 0) is 4.79 Å². The number of aldehydes is 1. The number of halogens is 3. The first-order valence-electron chi connectivity index (χ1n) is 3.92. The molecule has 0 aliphatic heterocycles. The summed E-state index contributed by atoms with van der Waals surface area (Å²) in [6, 6.07) is 4.91. The Morgan fingerprint density at radius 3 is 2.47 bits per heavy atom. The molecule has 0 aliphatic carbocycles. The molecule has 0 amide bonds. The predicted molar refractivity (Wildman–Crippen MR) is 44.1 cm³/mol. The summed E-state index contributed by atoms with van der Waals surface area (Å²) in [5.41, 5.74) is -0.218. The number of aliphatic hydroxyl groups is 1. The lowest BCUT2D eigenvalue weighted by Crippen LogP contribution is -2.18. The minimum Gasteiger partial charge on any atom is -0.405 e. The van der Waals surface area contributed by atoms with Crippen LogP contribution in [0.5, 0.6) is 5.75 Å². The number of aliphatic hydroxyl groups excluding tert-OH is 1. The molecule has 1 aromatic carbocycles. The highest BCUT2D eigenvalue weighted by Crippen LogP contribution is 2.29. The molecule has 0 radical (unpaired) electrons. The molecule has 1 atom stereocenters. The maximum atomic E-state index is 11.9. The van der Waals surface area contributed by atoms with Gasteiger partial charge in [-0.3, -0.25) is 0 Å². The van der Waals surface area contributed by atoms with Crippen molar-refractivity contribution in [2.75, 3.05) is 0 Å². The molecule has 82 valence electrons. The van der Waals surface area contributed by atoms with Crippen molar-refractivity contribution in [3.05, 3.63) is 29.8 Å². The number of hydrogen-bond donors (Lipinski definition) is 1. The molecule has 0 aromatic heterocycles. The van der Waals surface area contributed by atoms with Gasteiger partial charge in [0, 0.05) is 5.56 Å². The van der Waals surface area contributed by atoms with Gasteiger partial charge in [-0.1, -0.05) is 18.2 Å². The van der Waals surface area contributed by atoms with Gasteiger partial charge in [0.1, 0.15) is 11.9 Å². The van der Waals surface area contributed by atoms with Gasteiger partial charge in [0.25, 0.3) is 0 Å². The minimum atomic E-state index is -4.85. The third kappa shape index (κ3) is 3.25. The molecule has 0 spiro atoms. The molecule has 1 rings (SSSR count). The largest absolute Gasteiger partial charge is 0.573 e. The molecule has 6 heteroatoms. The predicted octanol–water partition coefficient (Wildman–Crippen LogP) is 1.82. The fourth-order valence-corrected chi connectivity index (χ4v) is 1.02. The summed E-state index contributed by atoms with van der Waals surface area (Å²) in [6.07, 6.45) is -6.35. The van der Waals surface area contributed by atoms with Crippen LogP contribution in [0.3, 0.4) is 0 Å². The highest BCUT2D eigenvalue weighted by atomic mass is 19.4. The van der Waals surface area contributed by atoms with Crippen LogP contribution >= 0.6 is 0 Å². The maximum absolute atomic E-state index is 11.9. The third-order valence-electron chi connectivity index (χ3n) is 1.59. The number of alkyl halides is 3. The lowest BCUT2D eigenvalue weighted by atomic mass is 10.1. The lowest BCUT2D eigenvalue weighted by Gasteiger charge is -2.13. The van der Waals surface area contributed by atoms with Crippen molar-refractivity contribution in [3.63, 3.8) is 0 Å². The Morgan fingerprint density at radius 1 is 1.33 bits per heavy atom. The minimum absolute atomic E-state index is 0.124. The second-order valence-electron chi connectivity index (χ2n) is 2.67. The van der Waals surface area contributed by atoms with Crippen LogP contribution < -0.4 is 4.74 Å². The number of carbonyl (C=O) groups is 1. The van der Waals surface area contributed by atoms with Crippen LogP contribution in [0.15, 0.2) is 24.3 Å². The topological polar surface area (TPSA) is 46.5 Å². The standard InChI is InChI=1S/C9H7F3O3/c10-9(11,12)15-8-4-2-1-3-6(8)7(14)5-13/h1-5,7,14H. The number of rotatable bonds is 3. The van der Waals surface area contributed by atoms with Crippen LogP contribution in [0.4, 0.5) is 13.2 Å². The third-order valence-corrected chi connectivity index (χ3v) is 1.59. The van der Waals surface area contributed by atoms with Gasteiger partial charge < -0.3 is 14.6 Å². The van der Waals surface area contributed by atoms with Crippen LogP contribution in [0.25, 0.3) is 0 Å². The van der Waals surface area contributed by atoms with Crippen molar-refractivity contribution in [2.45, 2.75) is 12.5 Å². The Balaban J connectivity index is 3.01. The van der Waals surface area contributed by atoms with E-state index in [-0.39, 0.29) is 11.8 Å². The summed E-state index contributed by atoms with van der Waals surface area (Å²) in [6.45, 7) is 0. The van der Waals surface area contributed by atoms with Gasteiger partial charge in [-0.2, -0.15) is 0 Å². The van der Waals surface area contributed by atoms with Gasteiger partial charge in [-0.15, -0.1) is 13.2 Å². The van der Waals surface area contributed by atoms with Crippen molar-refractivity contribution < 1.29 is 27.8 Å². The van der Waals surface area contributed by atoms with E-state index in [4.69, 9.17) is 5.11 Å². The average molecular weight is 220 g/mol. The van der Waals surface area contributed by atoms with Crippen molar-refractivity contribution in [1.29, 1.82) is 0 Å². The first-order valence-corrected chi connectivity index (χ1v) is 3.92. The van der Waals surface area contributed by atoms with Gasteiger partial charge in [0.15, 0.2) is 6.29 Å². The SMILES string of the molecule is O=CC(O)c1ccccc1OC(F)(F)F. The number of ether oxygens (including phenoxy) is 1. The van der Waals surface area contributed by atoms with E-state index in [1.165, 1.54) is 18.2 Å². The molecule has 1 N–H and O–H groups in total. The maximum Gasteiger partial charge on any atom is 0.573 e. The lowest BCUT2D eigenvalue weighted by molar-refractivity contribution is -0.275. The molecule has 0 saturated carbocycles. The van der Waals surface area contributed by atoms with Crippen molar-refractivity contribution >= 4 is 6.29 Å². The van der Waals surface area contributed by atoms with Crippen molar-refractivity contribution in [3.8, 4) is 5.75 Å². The smallest absolute Gasteiger partial charge is 0.405 e. The summed E-state index contributed by atoms with van der Waals surface area (Å²) < 4.78 is 39.3. The average Bonchev–Trinajstić information content (AvgIpc) is 2.15. The number of carbonyl (C=O) groups excluding carboxylic acids is 1. The first kappa shape index (κ1) is 11.5. The van der Waals surface area contributed by atoms with Gasteiger partial charge >= 0.3 is 6.36 Å². The van der Waals surface area contributed by atoms with Gasteiger partial charge in [0.2, 0.25) is 0 Å². The monoisotopic (exact) mass is 220 g/mol. The van der Waals surface area contributed by atoms with Crippen molar-refractivity contribution in [1.82, 2.24) is 0 Å². The summed E-state index contributed by atoms with van der Waals surface area (Å²) in [7, 11) is 0. The van der Waals surface area contributed by atoms with Gasteiger partial charge in [-0.05, 0) is 6.07 Å². The van der Waals surface area contributed by atoms with E-state index in [1.54, 1.807) is 0 Å². The molecule has 1 aromatic rings. The van der Waals surface area contributed by atoms with Crippen LogP contribution in [0, 0.1) is 0 Å². The van der Waals surface area contributed by atoms with E-state index in [2.05, 4.69) is 4.74 Å². The molecule has 15 heavy (non-hydrogen) atoms. The highest BCUT2D eigenvalue weighted by molar-refractivity contribution is 5.61. The fraction of sp³-hybridized carbons (Fsp3) is 0.222. The Hall–Kier alpha value is -1.56. The number of para-hydroxylation sites is 1. The van der Waals surface area contributed by atoms with Crippen LogP contribution in [0.2, 0.25) is 0 Å². The Morgan fingerprint density at radius 2 is 1.93 bits per heavy atom. The molecular formula is C9H7F3O3. The molecular weight excluding hydrogens is 213 g/mol. The first-order chi connectivity index (χ1) is 6.94. The molecule has 0 saturated heterocycles. The van der Waals surface area contributed by atoms with E-state index in [0.717, 1.165) is 6.07 Å². The summed E-state index contributed by atoms with van der Waals surface area (Å²) in [4.78, 5) is 10.2.